The van der Waals surface area contributed by atoms with Crippen molar-refractivity contribution in [2.24, 2.45) is 0 Å². The van der Waals surface area contributed by atoms with Crippen molar-refractivity contribution in [2.75, 3.05) is 5.32 Å². The lowest BCUT2D eigenvalue weighted by Crippen LogP contribution is -2.43. The SMILES string of the molecule is O=C(O)C1(Nc2cc(Cl)nnc2Cl)CCCC1. The Morgan fingerprint density at radius 2 is 2.00 bits per heavy atom. The summed E-state index contributed by atoms with van der Waals surface area (Å²) in [5.41, 5.74) is -0.549. The third kappa shape index (κ3) is 2.45. The van der Waals surface area contributed by atoms with Crippen LogP contribution < -0.4 is 5.32 Å². The number of aliphatic carboxylic acids is 1. The number of nitrogens with one attached hydrogen (secondary N) is 1. The first-order chi connectivity index (χ1) is 8.03. The molecule has 0 aliphatic heterocycles. The number of rotatable bonds is 3. The van der Waals surface area contributed by atoms with Gasteiger partial charge < -0.3 is 10.4 Å². The van der Waals surface area contributed by atoms with Gasteiger partial charge in [-0.05, 0) is 12.8 Å². The van der Waals surface area contributed by atoms with Gasteiger partial charge in [-0.1, -0.05) is 36.0 Å². The molecule has 0 bridgehead atoms. The van der Waals surface area contributed by atoms with E-state index >= 15 is 0 Å². The van der Waals surface area contributed by atoms with Crippen molar-refractivity contribution < 1.29 is 9.90 Å². The van der Waals surface area contributed by atoms with Crippen LogP contribution in [0.3, 0.4) is 0 Å². The van der Waals surface area contributed by atoms with E-state index in [-0.39, 0.29) is 10.3 Å². The summed E-state index contributed by atoms with van der Waals surface area (Å²) in [6.45, 7) is 0. The normalized spacial score (nSPS) is 18.0. The average Bonchev–Trinajstić information content (AvgIpc) is 2.73. The molecule has 2 N–H and O–H groups in total. The minimum absolute atomic E-state index is 0.127. The Morgan fingerprint density at radius 1 is 1.35 bits per heavy atom. The number of hydrogen-bond donors (Lipinski definition) is 2. The number of carbonyl (C=O) groups is 1. The smallest absolute Gasteiger partial charge is 0.329 e. The maximum Gasteiger partial charge on any atom is 0.329 e. The number of aromatic nitrogens is 2. The Kier molecular flexibility index (Phi) is 3.40. The van der Waals surface area contributed by atoms with Crippen LogP contribution in [0.15, 0.2) is 6.07 Å². The fourth-order valence-electron chi connectivity index (χ4n) is 2.07. The first kappa shape index (κ1) is 12.4. The summed E-state index contributed by atoms with van der Waals surface area (Å²) in [6.07, 6.45) is 2.89. The summed E-state index contributed by atoms with van der Waals surface area (Å²) in [5.74, 6) is -0.876. The molecular weight excluding hydrogens is 265 g/mol. The van der Waals surface area contributed by atoms with Gasteiger partial charge in [0, 0.05) is 6.07 Å². The van der Waals surface area contributed by atoms with E-state index in [1.54, 1.807) is 0 Å². The predicted molar refractivity (Wildman–Crippen MR) is 64.5 cm³/mol. The molecule has 1 aliphatic carbocycles. The lowest BCUT2D eigenvalue weighted by Gasteiger charge is -2.26. The summed E-state index contributed by atoms with van der Waals surface area (Å²) in [4.78, 5) is 11.3. The van der Waals surface area contributed by atoms with Gasteiger partial charge in [0.25, 0.3) is 0 Å². The second kappa shape index (κ2) is 4.66. The molecule has 17 heavy (non-hydrogen) atoms. The van der Waals surface area contributed by atoms with Crippen molar-refractivity contribution >= 4 is 34.9 Å². The van der Waals surface area contributed by atoms with Crippen molar-refractivity contribution in [3.05, 3.63) is 16.4 Å². The molecule has 92 valence electrons. The summed E-state index contributed by atoms with van der Waals surface area (Å²) in [5, 5.41) is 19.8. The standard InChI is InChI=1S/C10H11Cl2N3O2/c11-7-5-6(8(12)15-14-7)13-10(9(16)17)3-1-2-4-10/h5H,1-4H2,(H,13,14)(H,16,17). The van der Waals surface area contributed by atoms with Gasteiger partial charge in [0.15, 0.2) is 10.3 Å². The number of carboxylic acids is 1. The molecule has 0 amide bonds. The molecule has 1 aromatic rings. The van der Waals surface area contributed by atoms with Crippen molar-refractivity contribution in [3.63, 3.8) is 0 Å². The molecule has 1 fully saturated rings. The highest BCUT2D eigenvalue weighted by molar-refractivity contribution is 6.33. The third-order valence-electron chi connectivity index (χ3n) is 2.96. The second-order valence-electron chi connectivity index (χ2n) is 4.09. The van der Waals surface area contributed by atoms with Gasteiger partial charge in [-0.15, -0.1) is 10.2 Å². The molecule has 1 aliphatic rings. The van der Waals surface area contributed by atoms with Crippen LogP contribution in [0, 0.1) is 0 Å². The van der Waals surface area contributed by atoms with E-state index in [1.807, 2.05) is 0 Å². The Hall–Kier alpha value is -1.07. The van der Waals surface area contributed by atoms with Crippen LogP contribution in [-0.4, -0.2) is 26.8 Å². The first-order valence-corrected chi connectivity index (χ1v) is 5.99. The van der Waals surface area contributed by atoms with Gasteiger partial charge in [-0.2, -0.15) is 0 Å². The molecule has 1 heterocycles. The fourth-order valence-corrected chi connectivity index (χ4v) is 2.36. The van der Waals surface area contributed by atoms with E-state index in [4.69, 9.17) is 23.2 Å². The number of nitrogens with zero attached hydrogens (tertiary/aromatic N) is 2. The molecule has 0 unspecified atom stereocenters. The minimum Gasteiger partial charge on any atom is -0.480 e. The number of hydrogen-bond acceptors (Lipinski definition) is 4. The number of carboxylic acid groups (broad SMARTS) is 1. The summed E-state index contributed by atoms with van der Waals surface area (Å²) in [6, 6.07) is 1.49. The lowest BCUT2D eigenvalue weighted by atomic mass is 9.97. The molecule has 0 saturated heterocycles. The Morgan fingerprint density at radius 3 is 2.59 bits per heavy atom. The number of anilines is 1. The predicted octanol–water partition coefficient (Wildman–Crippen LogP) is 2.59. The van der Waals surface area contributed by atoms with Crippen molar-refractivity contribution in [1.29, 1.82) is 0 Å². The van der Waals surface area contributed by atoms with Crippen molar-refractivity contribution in [1.82, 2.24) is 10.2 Å². The zero-order valence-electron chi connectivity index (χ0n) is 8.91. The highest BCUT2D eigenvalue weighted by Crippen LogP contribution is 2.35. The van der Waals surface area contributed by atoms with Gasteiger partial charge in [0.2, 0.25) is 0 Å². The van der Waals surface area contributed by atoms with E-state index in [0.29, 0.717) is 18.5 Å². The van der Waals surface area contributed by atoms with Crippen LogP contribution in [0.5, 0.6) is 0 Å². The third-order valence-corrected chi connectivity index (χ3v) is 3.42. The van der Waals surface area contributed by atoms with Crippen LogP contribution in [0.25, 0.3) is 0 Å². The Bertz CT molecular complexity index is 447. The zero-order chi connectivity index (χ0) is 12.5. The Balaban J connectivity index is 2.29. The summed E-state index contributed by atoms with van der Waals surface area (Å²) >= 11 is 11.6. The second-order valence-corrected chi connectivity index (χ2v) is 4.84. The molecular formula is C10H11Cl2N3O2. The average molecular weight is 276 g/mol. The van der Waals surface area contributed by atoms with E-state index in [1.165, 1.54) is 6.07 Å². The zero-order valence-corrected chi connectivity index (χ0v) is 10.4. The minimum atomic E-state index is -0.962. The summed E-state index contributed by atoms with van der Waals surface area (Å²) < 4.78 is 0. The quantitative estimate of drug-likeness (QED) is 0.887. The molecule has 1 saturated carbocycles. The van der Waals surface area contributed by atoms with Crippen molar-refractivity contribution in [3.8, 4) is 0 Å². The maximum atomic E-state index is 11.3. The van der Waals surface area contributed by atoms with Crippen LogP contribution >= 0.6 is 23.2 Å². The van der Waals surface area contributed by atoms with Crippen LogP contribution in [-0.2, 0) is 4.79 Å². The van der Waals surface area contributed by atoms with Gasteiger partial charge >= 0.3 is 5.97 Å². The molecule has 0 spiro atoms. The molecule has 1 aromatic heterocycles. The highest BCUT2D eigenvalue weighted by atomic mass is 35.5. The van der Waals surface area contributed by atoms with E-state index in [0.717, 1.165) is 12.8 Å². The fraction of sp³-hybridized carbons (Fsp3) is 0.500. The van der Waals surface area contributed by atoms with E-state index in [9.17, 15) is 9.90 Å². The van der Waals surface area contributed by atoms with E-state index < -0.39 is 11.5 Å². The van der Waals surface area contributed by atoms with Crippen LogP contribution in [0.2, 0.25) is 10.3 Å². The van der Waals surface area contributed by atoms with Gasteiger partial charge in [-0.3, -0.25) is 0 Å². The first-order valence-electron chi connectivity index (χ1n) is 5.24. The molecule has 7 heteroatoms. The van der Waals surface area contributed by atoms with Crippen LogP contribution in [0.4, 0.5) is 5.69 Å². The molecule has 0 atom stereocenters. The molecule has 5 nitrogen and oxygen atoms in total. The maximum absolute atomic E-state index is 11.3. The largest absolute Gasteiger partial charge is 0.480 e. The van der Waals surface area contributed by atoms with Gasteiger partial charge in [0.05, 0.1) is 5.69 Å². The van der Waals surface area contributed by atoms with Crippen LogP contribution in [0.1, 0.15) is 25.7 Å². The molecule has 0 radical (unpaired) electrons. The molecule has 2 rings (SSSR count). The van der Waals surface area contributed by atoms with Crippen molar-refractivity contribution in [2.45, 2.75) is 31.2 Å². The van der Waals surface area contributed by atoms with E-state index in [2.05, 4.69) is 15.5 Å². The summed E-state index contributed by atoms with van der Waals surface area (Å²) in [7, 11) is 0. The topological polar surface area (TPSA) is 75.1 Å². The van der Waals surface area contributed by atoms with Gasteiger partial charge in [0.1, 0.15) is 5.54 Å². The highest BCUT2D eigenvalue weighted by Gasteiger charge is 2.41. The lowest BCUT2D eigenvalue weighted by molar-refractivity contribution is -0.142. The monoisotopic (exact) mass is 275 g/mol. The number of halogens is 2. The Labute approximate surface area is 108 Å². The van der Waals surface area contributed by atoms with Gasteiger partial charge in [-0.25, -0.2) is 4.79 Å². The molecule has 0 aromatic carbocycles.